The van der Waals surface area contributed by atoms with Crippen LogP contribution in [0.1, 0.15) is 31.9 Å². The maximum Gasteiger partial charge on any atom is 0.170 e. The highest BCUT2D eigenvalue weighted by Gasteiger charge is 2.59. The van der Waals surface area contributed by atoms with Crippen molar-refractivity contribution in [3.63, 3.8) is 0 Å². The van der Waals surface area contributed by atoms with Crippen LogP contribution >= 0.6 is 0 Å². The van der Waals surface area contributed by atoms with Crippen LogP contribution in [0.4, 0.5) is 11.4 Å². The van der Waals surface area contributed by atoms with Crippen molar-refractivity contribution in [1.29, 1.82) is 0 Å². The summed E-state index contributed by atoms with van der Waals surface area (Å²) in [5.74, 6) is 0. The molecule has 0 spiro atoms. The normalized spacial score (nSPS) is 23.7. The summed E-state index contributed by atoms with van der Waals surface area (Å²) in [7, 11) is 4.14. The maximum atomic E-state index is 6.46. The molecule has 3 nitrogen and oxygen atoms in total. The molecule has 0 amide bonds. The van der Waals surface area contributed by atoms with Crippen LogP contribution in [-0.2, 0) is 10.2 Å². The van der Waals surface area contributed by atoms with Gasteiger partial charge in [0.1, 0.15) is 0 Å². The van der Waals surface area contributed by atoms with Crippen LogP contribution in [0.25, 0.3) is 5.57 Å². The Labute approximate surface area is 156 Å². The first-order valence-electron chi connectivity index (χ1n) is 9.35. The van der Waals surface area contributed by atoms with Crippen molar-refractivity contribution < 1.29 is 4.74 Å². The molecule has 0 bridgehead atoms. The van der Waals surface area contributed by atoms with E-state index in [1.807, 2.05) is 0 Å². The predicted molar refractivity (Wildman–Crippen MR) is 110 cm³/mol. The van der Waals surface area contributed by atoms with Crippen LogP contribution in [0, 0.1) is 0 Å². The zero-order valence-corrected chi connectivity index (χ0v) is 16.4. The molecule has 0 radical (unpaired) electrons. The minimum Gasteiger partial charge on any atom is -0.378 e. The summed E-state index contributed by atoms with van der Waals surface area (Å²) in [6, 6.07) is 17.5. The van der Waals surface area contributed by atoms with Gasteiger partial charge in [-0.05, 0) is 47.9 Å². The number of hydrogen-bond donors (Lipinski definition) is 0. The van der Waals surface area contributed by atoms with Crippen LogP contribution < -0.4 is 9.80 Å². The number of ether oxygens (including phenoxy) is 1. The Hall–Kier alpha value is -2.26. The van der Waals surface area contributed by atoms with Crippen LogP contribution in [-0.4, -0.2) is 33.0 Å². The Balaban J connectivity index is 1.77. The van der Waals surface area contributed by atoms with E-state index in [0.717, 1.165) is 13.2 Å². The van der Waals surface area contributed by atoms with E-state index in [0.29, 0.717) is 0 Å². The highest BCUT2D eigenvalue weighted by Crippen LogP contribution is 2.55. The molecule has 0 aromatic heterocycles. The van der Waals surface area contributed by atoms with Gasteiger partial charge in [-0.3, -0.25) is 0 Å². The molecule has 1 fully saturated rings. The molecular weight excluding hydrogens is 320 g/mol. The highest BCUT2D eigenvalue weighted by molar-refractivity contribution is 5.73. The van der Waals surface area contributed by atoms with Crippen LogP contribution in [0.2, 0.25) is 0 Å². The second-order valence-corrected chi connectivity index (χ2v) is 8.11. The lowest BCUT2D eigenvalue weighted by molar-refractivity contribution is 0.0000487. The molecule has 0 saturated carbocycles. The molecule has 136 valence electrons. The monoisotopic (exact) mass is 348 g/mol. The minimum absolute atomic E-state index is 0.106. The summed E-state index contributed by atoms with van der Waals surface area (Å²) in [5, 5.41) is 0. The van der Waals surface area contributed by atoms with Crippen molar-refractivity contribution in [2.24, 2.45) is 0 Å². The number of anilines is 2. The van der Waals surface area contributed by atoms with E-state index in [1.54, 1.807) is 0 Å². The molecule has 4 rings (SSSR count). The highest BCUT2D eigenvalue weighted by atomic mass is 16.5. The van der Waals surface area contributed by atoms with Crippen molar-refractivity contribution in [3.05, 3.63) is 65.7 Å². The number of fused-ring (bicyclic) bond motifs is 3. The fourth-order valence-electron chi connectivity index (χ4n) is 4.48. The topological polar surface area (TPSA) is 15.7 Å². The lowest BCUT2D eigenvalue weighted by atomic mass is 9.76. The second kappa shape index (κ2) is 5.88. The van der Waals surface area contributed by atoms with Gasteiger partial charge >= 0.3 is 0 Å². The summed E-state index contributed by atoms with van der Waals surface area (Å²) >= 11 is 0. The van der Waals surface area contributed by atoms with Crippen LogP contribution in [0.3, 0.4) is 0 Å². The molecule has 2 aliphatic heterocycles. The first kappa shape index (κ1) is 17.2. The number of para-hydroxylation sites is 1. The van der Waals surface area contributed by atoms with Gasteiger partial charge in [0.2, 0.25) is 0 Å². The molecule has 2 heterocycles. The van der Waals surface area contributed by atoms with Gasteiger partial charge < -0.3 is 14.5 Å². The van der Waals surface area contributed by atoms with E-state index in [2.05, 4.69) is 99.3 Å². The zero-order valence-electron chi connectivity index (χ0n) is 16.4. The van der Waals surface area contributed by atoms with Gasteiger partial charge in [-0.1, -0.05) is 44.2 Å². The van der Waals surface area contributed by atoms with E-state index in [1.165, 1.54) is 28.1 Å². The average molecular weight is 348 g/mol. The van der Waals surface area contributed by atoms with Crippen LogP contribution in [0.5, 0.6) is 0 Å². The Morgan fingerprint density at radius 3 is 2.46 bits per heavy atom. The van der Waals surface area contributed by atoms with Crippen molar-refractivity contribution in [2.45, 2.75) is 31.9 Å². The van der Waals surface area contributed by atoms with Crippen molar-refractivity contribution in [2.75, 3.05) is 37.0 Å². The molecule has 26 heavy (non-hydrogen) atoms. The molecule has 1 atom stereocenters. The largest absolute Gasteiger partial charge is 0.378 e. The summed E-state index contributed by atoms with van der Waals surface area (Å²) in [5.41, 5.74) is 5.86. The lowest BCUT2D eigenvalue weighted by Gasteiger charge is -2.40. The fourth-order valence-corrected chi connectivity index (χ4v) is 4.48. The van der Waals surface area contributed by atoms with Crippen LogP contribution in [0.15, 0.2) is 54.6 Å². The molecule has 1 saturated heterocycles. The van der Waals surface area contributed by atoms with E-state index in [9.17, 15) is 0 Å². The molecule has 2 aromatic rings. The molecular formula is C23H28N2O. The summed E-state index contributed by atoms with van der Waals surface area (Å²) < 4.78 is 6.46. The number of benzene rings is 2. The Morgan fingerprint density at radius 1 is 1.08 bits per heavy atom. The molecule has 1 unspecified atom stereocenters. The first-order valence-corrected chi connectivity index (χ1v) is 9.35. The summed E-state index contributed by atoms with van der Waals surface area (Å²) in [4.78, 5) is 4.57. The Bertz CT molecular complexity index is 851. The van der Waals surface area contributed by atoms with Gasteiger partial charge in [0.25, 0.3) is 0 Å². The molecule has 3 heteroatoms. The summed E-state index contributed by atoms with van der Waals surface area (Å²) in [6.07, 6.45) is 2.34. The lowest BCUT2D eigenvalue weighted by Crippen LogP contribution is -2.51. The average Bonchev–Trinajstić information content (AvgIpc) is 3.13. The van der Waals surface area contributed by atoms with Gasteiger partial charge in [-0.15, -0.1) is 0 Å². The van der Waals surface area contributed by atoms with Crippen molar-refractivity contribution >= 4 is 16.9 Å². The second-order valence-electron chi connectivity index (χ2n) is 8.11. The number of rotatable bonds is 3. The van der Waals surface area contributed by atoms with E-state index < -0.39 is 5.72 Å². The first-order chi connectivity index (χ1) is 12.4. The van der Waals surface area contributed by atoms with Gasteiger partial charge in [-0.2, -0.15) is 0 Å². The maximum absolute atomic E-state index is 6.46. The molecule has 0 aliphatic carbocycles. The standard InChI is InChI=1S/C23H28N2O/c1-17(18-10-12-19(13-11-18)24(4)5)16-23-22(2,3)20-8-6-7-9-21(20)25(23)14-15-26-23/h6-13,16H,14-15H2,1-5H3/b17-16+. The van der Waals surface area contributed by atoms with E-state index in [4.69, 9.17) is 4.74 Å². The molecule has 2 aromatic carbocycles. The quantitative estimate of drug-likeness (QED) is 0.801. The van der Waals surface area contributed by atoms with Gasteiger partial charge in [0, 0.05) is 37.4 Å². The predicted octanol–water partition coefficient (Wildman–Crippen LogP) is 4.68. The Morgan fingerprint density at radius 2 is 1.77 bits per heavy atom. The van der Waals surface area contributed by atoms with Crippen molar-refractivity contribution in [1.82, 2.24) is 0 Å². The third-order valence-corrected chi connectivity index (χ3v) is 6.05. The van der Waals surface area contributed by atoms with Gasteiger partial charge in [0.05, 0.1) is 6.61 Å². The number of nitrogens with zero attached hydrogens (tertiary/aromatic N) is 2. The SMILES string of the molecule is C/C(=C\C12OCCN1c1ccccc1C2(C)C)c1ccc(N(C)C)cc1. The number of allylic oxidation sites excluding steroid dienone is 1. The zero-order chi connectivity index (χ0) is 18.5. The van der Waals surface area contributed by atoms with Gasteiger partial charge in [0.15, 0.2) is 5.72 Å². The van der Waals surface area contributed by atoms with E-state index in [-0.39, 0.29) is 5.41 Å². The van der Waals surface area contributed by atoms with Gasteiger partial charge in [-0.25, -0.2) is 0 Å². The summed E-state index contributed by atoms with van der Waals surface area (Å²) in [6.45, 7) is 8.50. The third kappa shape index (κ3) is 2.30. The third-order valence-electron chi connectivity index (χ3n) is 6.05. The fraction of sp³-hybridized carbons (Fsp3) is 0.391. The van der Waals surface area contributed by atoms with E-state index >= 15 is 0 Å². The molecule has 2 aliphatic rings. The molecule has 0 N–H and O–H groups in total. The van der Waals surface area contributed by atoms with Crippen molar-refractivity contribution in [3.8, 4) is 0 Å². The Kier molecular flexibility index (Phi) is 3.89. The minimum atomic E-state index is -0.416. The smallest absolute Gasteiger partial charge is 0.170 e. The number of hydrogen-bond acceptors (Lipinski definition) is 3.